The third-order valence-corrected chi connectivity index (χ3v) is 4.73. The summed E-state index contributed by atoms with van der Waals surface area (Å²) < 4.78 is 0. The molecule has 1 heteroatoms. The Bertz CT molecular complexity index is 473. The minimum atomic E-state index is -0.647. The van der Waals surface area contributed by atoms with Gasteiger partial charge in [-0.3, -0.25) is 0 Å². The molecule has 0 bridgehead atoms. The number of aryl methyl sites for hydroxylation is 3. The lowest BCUT2D eigenvalue weighted by Crippen LogP contribution is -2.30. The molecular weight excluding hydrogens is 220 g/mol. The SMILES string of the molecule is Cc1cc(C)c(C2(O)CC(C)(C)CC2C)cc1C. The first-order valence-corrected chi connectivity index (χ1v) is 6.96. The molecule has 2 unspecified atom stereocenters. The third kappa shape index (κ3) is 2.09. The van der Waals surface area contributed by atoms with Crippen LogP contribution in [0.25, 0.3) is 0 Å². The highest BCUT2D eigenvalue weighted by atomic mass is 16.3. The van der Waals surface area contributed by atoms with E-state index in [0.717, 1.165) is 18.4 Å². The summed E-state index contributed by atoms with van der Waals surface area (Å²) in [5.74, 6) is 0.327. The van der Waals surface area contributed by atoms with Gasteiger partial charge in [-0.2, -0.15) is 0 Å². The van der Waals surface area contributed by atoms with E-state index in [2.05, 4.69) is 53.7 Å². The third-order valence-electron chi connectivity index (χ3n) is 4.73. The summed E-state index contributed by atoms with van der Waals surface area (Å²) in [7, 11) is 0. The Labute approximate surface area is 111 Å². The van der Waals surface area contributed by atoms with Gasteiger partial charge in [0.05, 0.1) is 5.60 Å². The van der Waals surface area contributed by atoms with Crippen molar-refractivity contribution in [1.29, 1.82) is 0 Å². The van der Waals surface area contributed by atoms with Gasteiger partial charge in [-0.1, -0.05) is 32.9 Å². The van der Waals surface area contributed by atoms with E-state index < -0.39 is 5.60 Å². The topological polar surface area (TPSA) is 20.2 Å². The molecule has 0 amide bonds. The highest BCUT2D eigenvalue weighted by molar-refractivity contribution is 5.40. The molecule has 0 radical (unpaired) electrons. The van der Waals surface area contributed by atoms with E-state index in [4.69, 9.17) is 0 Å². The predicted octanol–water partition coefficient (Wildman–Crippen LogP) is 4.26. The van der Waals surface area contributed by atoms with Gasteiger partial charge in [0.2, 0.25) is 0 Å². The fourth-order valence-corrected chi connectivity index (χ4v) is 3.76. The van der Waals surface area contributed by atoms with E-state index in [9.17, 15) is 5.11 Å². The lowest BCUT2D eigenvalue weighted by molar-refractivity contribution is -0.00147. The summed E-state index contributed by atoms with van der Waals surface area (Å²) in [4.78, 5) is 0. The molecule has 100 valence electrons. The number of hydrogen-bond donors (Lipinski definition) is 1. The van der Waals surface area contributed by atoms with Crippen LogP contribution in [0.5, 0.6) is 0 Å². The first-order valence-electron chi connectivity index (χ1n) is 6.96. The minimum absolute atomic E-state index is 0.236. The molecule has 1 saturated carbocycles. The molecule has 2 atom stereocenters. The molecule has 1 aliphatic rings. The number of benzene rings is 1. The van der Waals surface area contributed by atoms with Crippen LogP contribution in [-0.2, 0) is 5.60 Å². The van der Waals surface area contributed by atoms with Crippen LogP contribution < -0.4 is 0 Å². The number of hydrogen-bond acceptors (Lipinski definition) is 1. The van der Waals surface area contributed by atoms with Crippen molar-refractivity contribution < 1.29 is 5.11 Å². The summed E-state index contributed by atoms with van der Waals surface area (Å²) in [6.45, 7) is 13.1. The fraction of sp³-hybridized carbons (Fsp3) is 0.647. The molecule has 1 aromatic rings. The van der Waals surface area contributed by atoms with Gasteiger partial charge in [0, 0.05) is 0 Å². The van der Waals surface area contributed by atoms with Crippen molar-refractivity contribution in [3.63, 3.8) is 0 Å². The second kappa shape index (κ2) is 4.09. The van der Waals surface area contributed by atoms with Crippen molar-refractivity contribution >= 4 is 0 Å². The van der Waals surface area contributed by atoms with Crippen LogP contribution in [-0.4, -0.2) is 5.11 Å². The second-order valence-corrected chi connectivity index (χ2v) is 7.12. The number of aliphatic hydroxyl groups is 1. The summed E-state index contributed by atoms with van der Waals surface area (Å²) in [5.41, 5.74) is 4.55. The maximum Gasteiger partial charge on any atom is 0.0929 e. The van der Waals surface area contributed by atoms with Crippen molar-refractivity contribution in [1.82, 2.24) is 0 Å². The molecule has 18 heavy (non-hydrogen) atoms. The lowest BCUT2D eigenvalue weighted by atomic mass is 9.80. The summed E-state index contributed by atoms with van der Waals surface area (Å²) in [5, 5.41) is 11.2. The zero-order valence-corrected chi connectivity index (χ0v) is 12.6. The Morgan fingerprint density at radius 3 is 2.11 bits per heavy atom. The van der Waals surface area contributed by atoms with E-state index in [1.807, 2.05) is 0 Å². The van der Waals surface area contributed by atoms with Crippen molar-refractivity contribution in [2.45, 2.75) is 60.0 Å². The average Bonchev–Trinajstić information content (AvgIpc) is 2.42. The van der Waals surface area contributed by atoms with Crippen LogP contribution >= 0.6 is 0 Å². The standard InChI is InChI=1S/C17H26O/c1-11-7-13(3)15(8-12(11)2)17(18)10-16(5,6)9-14(17)4/h7-8,14,18H,9-10H2,1-6H3. The van der Waals surface area contributed by atoms with Gasteiger partial charge >= 0.3 is 0 Å². The number of rotatable bonds is 1. The molecular formula is C17H26O. The highest BCUT2D eigenvalue weighted by Crippen LogP contribution is 2.53. The van der Waals surface area contributed by atoms with Crippen molar-refractivity contribution in [2.75, 3.05) is 0 Å². The molecule has 1 aromatic carbocycles. The molecule has 1 aliphatic carbocycles. The Morgan fingerprint density at radius 2 is 1.61 bits per heavy atom. The first kappa shape index (κ1) is 13.6. The van der Waals surface area contributed by atoms with Gasteiger partial charge in [-0.05, 0) is 67.2 Å². The van der Waals surface area contributed by atoms with E-state index in [1.54, 1.807) is 0 Å². The van der Waals surface area contributed by atoms with Gasteiger partial charge in [-0.15, -0.1) is 0 Å². The van der Waals surface area contributed by atoms with Crippen LogP contribution in [0.2, 0.25) is 0 Å². The van der Waals surface area contributed by atoms with E-state index in [0.29, 0.717) is 5.92 Å². The quantitative estimate of drug-likeness (QED) is 0.785. The summed E-state index contributed by atoms with van der Waals surface area (Å²) in [6.07, 6.45) is 1.96. The van der Waals surface area contributed by atoms with Gasteiger partial charge in [-0.25, -0.2) is 0 Å². The molecule has 1 nitrogen and oxygen atoms in total. The van der Waals surface area contributed by atoms with Crippen molar-refractivity contribution in [2.24, 2.45) is 11.3 Å². The van der Waals surface area contributed by atoms with E-state index in [-0.39, 0.29) is 5.41 Å². The zero-order chi connectivity index (χ0) is 13.7. The molecule has 0 saturated heterocycles. The van der Waals surface area contributed by atoms with Crippen LogP contribution in [0.1, 0.15) is 55.9 Å². The minimum Gasteiger partial charge on any atom is -0.385 e. The molecule has 1 N–H and O–H groups in total. The zero-order valence-electron chi connectivity index (χ0n) is 12.6. The van der Waals surface area contributed by atoms with Crippen molar-refractivity contribution in [3.05, 3.63) is 34.4 Å². The van der Waals surface area contributed by atoms with Crippen LogP contribution in [0.4, 0.5) is 0 Å². The molecule has 0 spiro atoms. The molecule has 1 fully saturated rings. The van der Waals surface area contributed by atoms with Gasteiger partial charge < -0.3 is 5.11 Å². The van der Waals surface area contributed by atoms with Crippen LogP contribution in [0.15, 0.2) is 12.1 Å². The predicted molar refractivity (Wildman–Crippen MR) is 76.7 cm³/mol. The second-order valence-electron chi connectivity index (χ2n) is 7.12. The summed E-state index contributed by atoms with van der Waals surface area (Å²) in [6, 6.07) is 4.41. The van der Waals surface area contributed by atoms with Gasteiger partial charge in [0.15, 0.2) is 0 Å². The lowest BCUT2D eigenvalue weighted by Gasteiger charge is -2.31. The maximum atomic E-state index is 11.2. The first-order chi connectivity index (χ1) is 8.16. The molecule has 2 rings (SSSR count). The molecule has 0 aromatic heterocycles. The Hall–Kier alpha value is -0.820. The summed E-state index contributed by atoms with van der Waals surface area (Å²) >= 11 is 0. The van der Waals surface area contributed by atoms with Crippen LogP contribution in [0.3, 0.4) is 0 Å². The normalized spacial score (nSPS) is 30.7. The highest BCUT2D eigenvalue weighted by Gasteiger charge is 2.48. The smallest absolute Gasteiger partial charge is 0.0929 e. The molecule has 0 heterocycles. The maximum absolute atomic E-state index is 11.2. The fourth-order valence-electron chi connectivity index (χ4n) is 3.76. The Balaban J connectivity index is 2.52. The Kier molecular flexibility index (Phi) is 3.09. The monoisotopic (exact) mass is 246 g/mol. The van der Waals surface area contributed by atoms with Gasteiger partial charge in [0.1, 0.15) is 0 Å². The van der Waals surface area contributed by atoms with E-state index >= 15 is 0 Å². The van der Waals surface area contributed by atoms with Gasteiger partial charge in [0.25, 0.3) is 0 Å². The van der Waals surface area contributed by atoms with E-state index in [1.165, 1.54) is 16.7 Å². The Morgan fingerprint density at radius 1 is 1.06 bits per heavy atom. The molecule has 0 aliphatic heterocycles. The van der Waals surface area contributed by atoms with Crippen LogP contribution in [0, 0.1) is 32.1 Å². The van der Waals surface area contributed by atoms with Crippen molar-refractivity contribution in [3.8, 4) is 0 Å². The largest absolute Gasteiger partial charge is 0.385 e. The average molecular weight is 246 g/mol.